The number of carbonyl (C=O) groups excluding carboxylic acids is 2. The summed E-state index contributed by atoms with van der Waals surface area (Å²) in [5.41, 5.74) is 1.69. The van der Waals surface area contributed by atoms with E-state index in [0.717, 1.165) is 15.4 Å². The van der Waals surface area contributed by atoms with Crippen LogP contribution in [-0.2, 0) is 26.2 Å². The SMILES string of the molecule is CCNC(=O)C(C)N(Cc1ccc(Cl)cc1)C(=O)CN(c1cc(Cl)ccc1OC)S(=O)(=O)c1ccc(C)cc1. The number of halogens is 2. The smallest absolute Gasteiger partial charge is 0.264 e. The minimum Gasteiger partial charge on any atom is -0.495 e. The van der Waals surface area contributed by atoms with Crippen molar-refractivity contribution in [2.75, 3.05) is 24.5 Å². The van der Waals surface area contributed by atoms with E-state index >= 15 is 0 Å². The van der Waals surface area contributed by atoms with Crippen molar-refractivity contribution in [1.29, 1.82) is 0 Å². The van der Waals surface area contributed by atoms with Crippen LogP contribution in [0.3, 0.4) is 0 Å². The fourth-order valence-electron chi connectivity index (χ4n) is 3.90. The number of nitrogens with zero attached hydrogens (tertiary/aromatic N) is 2. The Kier molecular flexibility index (Phi) is 10.2. The van der Waals surface area contributed by atoms with Crippen LogP contribution in [0.2, 0.25) is 10.0 Å². The van der Waals surface area contributed by atoms with Gasteiger partial charge in [-0.05, 0) is 68.8 Å². The number of hydrogen-bond donors (Lipinski definition) is 1. The molecule has 3 aromatic rings. The summed E-state index contributed by atoms with van der Waals surface area (Å²) in [5.74, 6) is -0.751. The second-order valence-corrected chi connectivity index (χ2v) is 11.6. The van der Waals surface area contributed by atoms with E-state index in [0.29, 0.717) is 11.6 Å². The summed E-state index contributed by atoms with van der Waals surface area (Å²) >= 11 is 12.3. The third-order valence-corrected chi connectivity index (χ3v) is 8.34. The van der Waals surface area contributed by atoms with Crippen molar-refractivity contribution in [1.82, 2.24) is 10.2 Å². The first kappa shape index (κ1) is 30.3. The first-order valence-electron chi connectivity index (χ1n) is 12.2. The topological polar surface area (TPSA) is 96.0 Å². The zero-order chi connectivity index (χ0) is 28.7. The van der Waals surface area contributed by atoms with Crippen LogP contribution in [-0.4, -0.2) is 51.4 Å². The molecule has 0 aromatic heterocycles. The number of ether oxygens (including phenoxy) is 1. The van der Waals surface area contributed by atoms with E-state index in [1.807, 2.05) is 6.92 Å². The van der Waals surface area contributed by atoms with Crippen molar-refractivity contribution < 1.29 is 22.7 Å². The molecule has 39 heavy (non-hydrogen) atoms. The van der Waals surface area contributed by atoms with Crippen LogP contribution >= 0.6 is 23.2 Å². The Hall–Kier alpha value is -3.27. The summed E-state index contributed by atoms with van der Waals surface area (Å²) in [6.07, 6.45) is 0. The molecule has 11 heteroatoms. The Labute approximate surface area is 239 Å². The van der Waals surface area contributed by atoms with Gasteiger partial charge in [0.2, 0.25) is 11.8 Å². The lowest BCUT2D eigenvalue weighted by Gasteiger charge is -2.32. The van der Waals surface area contributed by atoms with Crippen LogP contribution in [0.5, 0.6) is 5.75 Å². The van der Waals surface area contributed by atoms with Crippen molar-refractivity contribution in [3.05, 3.63) is 87.9 Å². The first-order chi connectivity index (χ1) is 18.5. The molecule has 1 N–H and O–H groups in total. The Bertz CT molecular complexity index is 1410. The lowest BCUT2D eigenvalue weighted by molar-refractivity contribution is -0.139. The highest BCUT2D eigenvalue weighted by Crippen LogP contribution is 2.35. The summed E-state index contributed by atoms with van der Waals surface area (Å²) < 4.78 is 34.3. The number of methoxy groups -OCH3 is 1. The third-order valence-electron chi connectivity index (χ3n) is 6.08. The van der Waals surface area contributed by atoms with Crippen LogP contribution < -0.4 is 14.4 Å². The van der Waals surface area contributed by atoms with Crippen molar-refractivity contribution in [3.8, 4) is 5.75 Å². The van der Waals surface area contributed by atoms with E-state index in [1.165, 1.54) is 36.3 Å². The molecule has 208 valence electrons. The lowest BCUT2D eigenvalue weighted by Crippen LogP contribution is -2.51. The Morgan fingerprint density at radius 1 is 0.974 bits per heavy atom. The number of likely N-dealkylation sites (N-methyl/N-ethyl adjacent to an activating group) is 1. The molecule has 0 heterocycles. The summed E-state index contributed by atoms with van der Waals surface area (Å²) in [6.45, 7) is 5.04. The Balaban J connectivity index is 2.09. The molecule has 0 spiro atoms. The largest absolute Gasteiger partial charge is 0.495 e. The fourth-order valence-corrected chi connectivity index (χ4v) is 5.61. The molecule has 0 aliphatic heterocycles. The lowest BCUT2D eigenvalue weighted by atomic mass is 10.1. The van der Waals surface area contributed by atoms with Crippen LogP contribution in [0, 0.1) is 6.92 Å². The highest BCUT2D eigenvalue weighted by Gasteiger charge is 2.34. The van der Waals surface area contributed by atoms with Gasteiger partial charge in [0.25, 0.3) is 10.0 Å². The van der Waals surface area contributed by atoms with Gasteiger partial charge < -0.3 is 15.0 Å². The highest BCUT2D eigenvalue weighted by atomic mass is 35.5. The predicted octanol–water partition coefficient (Wildman–Crippen LogP) is 5.06. The molecule has 3 aromatic carbocycles. The van der Waals surface area contributed by atoms with Gasteiger partial charge in [-0.3, -0.25) is 13.9 Å². The van der Waals surface area contributed by atoms with Crippen molar-refractivity contribution in [2.45, 2.75) is 38.3 Å². The van der Waals surface area contributed by atoms with Crippen LogP contribution in [0.4, 0.5) is 5.69 Å². The average molecular weight is 593 g/mol. The fraction of sp³-hybridized carbons (Fsp3) is 0.286. The number of sulfonamides is 1. The zero-order valence-electron chi connectivity index (χ0n) is 22.1. The maximum absolute atomic E-state index is 13.9. The number of nitrogens with one attached hydrogen (secondary N) is 1. The number of aryl methyl sites for hydroxylation is 1. The standard InChI is InChI=1S/C28H31Cl2N3O5S/c1-5-31-28(35)20(3)32(17-21-8-10-22(29)11-9-21)27(34)18-33(25-16-23(30)12-15-26(25)38-4)39(36,37)24-13-6-19(2)7-14-24/h6-16,20H,5,17-18H2,1-4H3,(H,31,35). The van der Waals surface area contributed by atoms with Crippen molar-refractivity contribution >= 4 is 50.7 Å². The third kappa shape index (κ3) is 7.44. The molecular formula is C28H31Cl2N3O5S. The summed E-state index contributed by atoms with van der Waals surface area (Å²) in [4.78, 5) is 28.0. The molecular weight excluding hydrogens is 561 g/mol. The quantitative estimate of drug-likeness (QED) is 0.336. The monoisotopic (exact) mass is 591 g/mol. The maximum atomic E-state index is 13.9. The molecule has 0 aliphatic rings. The van der Waals surface area contributed by atoms with Crippen molar-refractivity contribution in [3.63, 3.8) is 0 Å². The number of carbonyl (C=O) groups is 2. The molecule has 0 fully saturated rings. The van der Waals surface area contributed by atoms with E-state index in [1.54, 1.807) is 56.3 Å². The van der Waals surface area contributed by atoms with E-state index < -0.39 is 28.5 Å². The van der Waals surface area contributed by atoms with Crippen molar-refractivity contribution in [2.24, 2.45) is 0 Å². The second kappa shape index (κ2) is 13.2. The minimum absolute atomic E-state index is 0.0102. The van der Waals surface area contributed by atoms with Crippen LogP contribution in [0.25, 0.3) is 0 Å². The normalized spacial score (nSPS) is 11.9. The molecule has 0 bridgehead atoms. The van der Waals surface area contributed by atoms with Gasteiger partial charge in [-0.25, -0.2) is 8.42 Å². The van der Waals surface area contributed by atoms with Gasteiger partial charge in [0.1, 0.15) is 18.3 Å². The second-order valence-electron chi connectivity index (χ2n) is 8.86. The highest BCUT2D eigenvalue weighted by molar-refractivity contribution is 7.92. The Morgan fingerprint density at radius 2 is 1.59 bits per heavy atom. The summed E-state index contributed by atoms with van der Waals surface area (Å²) in [5, 5.41) is 3.51. The number of benzene rings is 3. The summed E-state index contributed by atoms with van der Waals surface area (Å²) in [6, 6.07) is 16.8. The maximum Gasteiger partial charge on any atom is 0.264 e. The minimum atomic E-state index is -4.25. The van der Waals surface area contributed by atoms with Gasteiger partial charge in [-0.2, -0.15) is 0 Å². The molecule has 2 amide bonds. The molecule has 8 nitrogen and oxygen atoms in total. The van der Waals surface area contributed by atoms with Gasteiger partial charge in [0.15, 0.2) is 0 Å². The molecule has 0 aliphatic carbocycles. The van der Waals surface area contributed by atoms with E-state index in [4.69, 9.17) is 27.9 Å². The molecule has 3 rings (SSSR count). The first-order valence-corrected chi connectivity index (χ1v) is 14.4. The Morgan fingerprint density at radius 3 is 2.18 bits per heavy atom. The van der Waals surface area contributed by atoms with Gasteiger partial charge in [-0.15, -0.1) is 0 Å². The number of rotatable bonds is 11. The van der Waals surface area contributed by atoms with Crippen LogP contribution in [0.15, 0.2) is 71.6 Å². The summed E-state index contributed by atoms with van der Waals surface area (Å²) in [7, 11) is -2.86. The van der Waals surface area contributed by atoms with Gasteiger partial charge in [0.05, 0.1) is 17.7 Å². The molecule has 1 unspecified atom stereocenters. The van der Waals surface area contributed by atoms with E-state index in [2.05, 4.69) is 5.32 Å². The predicted molar refractivity (Wildman–Crippen MR) is 154 cm³/mol. The average Bonchev–Trinajstić information content (AvgIpc) is 2.91. The molecule has 1 atom stereocenters. The van der Waals surface area contributed by atoms with Gasteiger partial charge in [-0.1, -0.05) is 53.0 Å². The molecule has 0 saturated carbocycles. The molecule has 0 radical (unpaired) electrons. The van der Waals surface area contributed by atoms with Gasteiger partial charge >= 0.3 is 0 Å². The van der Waals surface area contributed by atoms with Gasteiger partial charge in [0, 0.05) is 23.1 Å². The van der Waals surface area contributed by atoms with Crippen LogP contribution in [0.1, 0.15) is 25.0 Å². The van der Waals surface area contributed by atoms with E-state index in [-0.39, 0.29) is 33.8 Å². The zero-order valence-corrected chi connectivity index (χ0v) is 24.5. The van der Waals surface area contributed by atoms with E-state index in [9.17, 15) is 18.0 Å². The number of hydrogen-bond acceptors (Lipinski definition) is 5. The number of anilines is 1. The number of amides is 2. The molecule has 0 saturated heterocycles.